The van der Waals surface area contributed by atoms with Gasteiger partial charge in [0.15, 0.2) is 0 Å². The predicted octanol–water partition coefficient (Wildman–Crippen LogP) is 1.39. The molecule has 23 heavy (non-hydrogen) atoms. The van der Waals surface area contributed by atoms with Crippen molar-refractivity contribution >= 4 is 0 Å². The third kappa shape index (κ3) is 4.49. The molecule has 1 heterocycles. The Morgan fingerprint density at radius 2 is 1.39 bits per heavy atom. The molecule has 0 aliphatic carbocycles. The zero-order valence-electron chi connectivity index (χ0n) is 12.1. The molecule has 2 nitrogen and oxygen atoms in total. The van der Waals surface area contributed by atoms with E-state index in [4.69, 9.17) is 0 Å². The normalized spacial score (nSPS) is 12.4. The van der Waals surface area contributed by atoms with Crippen LogP contribution in [-0.2, 0) is 12.4 Å². The van der Waals surface area contributed by atoms with Gasteiger partial charge in [0.2, 0.25) is 6.33 Å². The topological polar surface area (TPSA) is 8.81 Å². The quantitative estimate of drug-likeness (QED) is 0.530. The molecule has 0 aliphatic rings. The maximum Gasteiger partial charge on any atom is 0.416 e. The first-order valence-electron chi connectivity index (χ1n) is 6.37. The van der Waals surface area contributed by atoms with Gasteiger partial charge in [-0.2, -0.15) is 26.3 Å². The van der Waals surface area contributed by atoms with Crippen molar-refractivity contribution in [3.63, 3.8) is 0 Å². The molecule has 0 fully saturated rings. The van der Waals surface area contributed by atoms with Crippen LogP contribution in [-0.4, -0.2) is 4.57 Å². The van der Waals surface area contributed by atoms with E-state index in [1.165, 1.54) is 17.1 Å². The summed E-state index contributed by atoms with van der Waals surface area (Å²) in [5, 5.41) is 0. The van der Waals surface area contributed by atoms with E-state index in [1.807, 2.05) is 13.8 Å². The molecule has 0 N–H and O–H groups in total. The van der Waals surface area contributed by atoms with Crippen molar-refractivity contribution in [3.05, 3.63) is 48.0 Å². The summed E-state index contributed by atoms with van der Waals surface area (Å²) in [6.45, 7) is 3.69. The first kappa shape index (κ1) is 19.5. The van der Waals surface area contributed by atoms with Gasteiger partial charge in [0.05, 0.1) is 17.2 Å². The Hall–Kier alpha value is -1.51. The summed E-state index contributed by atoms with van der Waals surface area (Å²) >= 11 is 0. The molecule has 2 aromatic rings. The fourth-order valence-electron chi connectivity index (χ4n) is 1.92. The van der Waals surface area contributed by atoms with Crippen molar-refractivity contribution in [1.29, 1.82) is 0 Å². The number of alkyl halides is 6. The molecule has 0 amide bonds. The van der Waals surface area contributed by atoms with Gasteiger partial charge in [0.1, 0.15) is 18.1 Å². The molecule has 1 aromatic heterocycles. The molecule has 9 heteroatoms. The highest BCUT2D eigenvalue weighted by atomic mass is 79.9. The second-order valence-corrected chi connectivity index (χ2v) is 5.13. The zero-order valence-corrected chi connectivity index (χ0v) is 13.7. The number of aromatic nitrogens is 2. The van der Waals surface area contributed by atoms with Gasteiger partial charge < -0.3 is 17.0 Å². The van der Waals surface area contributed by atoms with E-state index in [2.05, 4.69) is 0 Å². The molecular weight excluding hydrogens is 390 g/mol. The predicted molar refractivity (Wildman–Crippen MR) is 66.4 cm³/mol. The lowest BCUT2D eigenvalue weighted by molar-refractivity contribution is -0.715. The van der Waals surface area contributed by atoms with Gasteiger partial charge in [0, 0.05) is 0 Å². The molecule has 0 spiro atoms. The van der Waals surface area contributed by atoms with E-state index < -0.39 is 23.5 Å². The Morgan fingerprint density at radius 1 is 0.913 bits per heavy atom. The SMILES string of the molecule is CC(C)[n+]1ccn(-c2cc(C(F)(F)F)cc(C(F)(F)F)c2)c1.[Br-]. The lowest BCUT2D eigenvalue weighted by atomic mass is 10.1. The highest BCUT2D eigenvalue weighted by molar-refractivity contribution is 5.42. The molecule has 0 saturated carbocycles. The largest absolute Gasteiger partial charge is 1.00 e. The minimum absolute atomic E-state index is 0. The number of benzene rings is 1. The Kier molecular flexibility index (Phi) is 5.56. The van der Waals surface area contributed by atoms with Crippen LogP contribution < -0.4 is 21.5 Å². The van der Waals surface area contributed by atoms with Crippen molar-refractivity contribution in [2.24, 2.45) is 0 Å². The van der Waals surface area contributed by atoms with E-state index in [0.717, 1.165) is 0 Å². The van der Waals surface area contributed by atoms with E-state index in [9.17, 15) is 26.3 Å². The minimum atomic E-state index is -4.85. The summed E-state index contributed by atoms with van der Waals surface area (Å²) in [5.41, 5.74) is -2.86. The van der Waals surface area contributed by atoms with E-state index in [-0.39, 0.29) is 34.8 Å². The van der Waals surface area contributed by atoms with Crippen LogP contribution in [0.15, 0.2) is 36.9 Å². The van der Waals surface area contributed by atoms with Gasteiger partial charge in [-0.05, 0) is 32.0 Å². The first-order chi connectivity index (χ1) is 9.98. The van der Waals surface area contributed by atoms with Crippen molar-refractivity contribution in [2.45, 2.75) is 32.2 Å². The molecule has 1 aromatic carbocycles. The van der Waals surface area contributed by atoms with Crippen molar-refractivity contribution in [3.8, 4) is 5.69 Å². The Labute approximate surface area is 139 Å². The lowest BCUT2D eigenvalue weighted by Crippen LogP contribution is -3.00. The Morgan fingerprint density at radius 3 is 1.74 bits per heavy atom. The van der Waals surface area contributed by atoms with E-state index in [0.29, 0.717) is 12.1 Å². The summed E-state index contributed by atoms with van der Waals surface area (Å²) in [6, 6.07) is 1.54. The van der Waals surface area contributed by atoms with Crippen LogP contribution in [0.25, 0.3) is 5.69 Å². The van der Waals surface area contributed by atoms with Gasteiger partial charge in [0.25, 0.3) is 0 Å². The molecule has 0 atom stereocenters. The van der Waals surface area contributed by atoms with Crippen LogP contribution in [0.3, 0.4) is 0 Å². The van der Waals surface area contributed by atoms with Gasteiger partial charge >= 0.3 is 12.4 Å². The Balaban J connectivity index is 0.00000264. The van der Waals surface area contributed by atoms with Gasteiger partial charge in [-0.3, -0.25) is 0 Å². The fraction of sp³-hybridized carbons (Fsp3) is 0.357. The molecule has 0 aliphatic heterocycles. The second kappa shape index (κ2) is 6.54. The summed E-state index contributed by atoms with van der Waals surface area (Å²) in [4.78, 5) is 0. The number of halogens is 7. The van der Waals surface area contributed by atoms with Crippen molar-refractivity contribution in [1.82, 2.24) is 4.57 Å². The third-order valence-electron chi connectivity index (χ3n) is 3.12. The maximum absolute atomic E-state index is 12.8. The standard InChI is InChI=1S/C14H13F6N2.BrH/c1-9(2)21-3-4-22(8-21)12-6-10(13(15,16)17)5-11(7-12)14(18,19)20;/h3-9H,1-2H3;1H/q+1;/p-1. The summed E-state index contributed by atoms with van der Waals surface area (Å²) in [6.07, 6.45) is -5.26. The molecule has 0 unspecified atom stereocenters. The third-order valence-corrected chi connectivity index (χ3v) is 3.12. The highest BCUT2D eigenvalue weighted by Crippen LogP contribution is 2.37. The number of hydrogen-bond donors (Lipinski definition) is 0. The van der Waals surface area contributed by atoms with E-state index >= 15 is 0 Å². The minimum Gasteiger partial charge on any atom is -1.00 e. The Bertz CT molecular complexity index is 640. The number of imidazole rings is 1. The van der Waals surface area contributed by atoms with Gasteiger partial charge in [-0.1, -0.05) is 0 Å². The zero-order chi connectivity index (χ0) is 16.7. The number of nitrogens with zero attached hydrogens (tertiary/aromatic N) is 2. The van der Waals surface area contributed by atoms with Crippen molar-refractivity contribution < 1.29 is 47.9 Å². The smallest absolute Gasteiger partial charge is 0.416 e. The highest BCUT2D eigenvalue weighted by Gasteiger charge is 2.37. The maximum atomic E-state index is 12.8. The van der Waals surface area contributed by atoms with E-state index in [1.54, 1.807) is 10.8 Å². The van der Waals surface area contributed by atoms with Crippen LogP contribution in [0.4, 0.5) is 26.3 Å². The summed E-state index contributed by atoms with van der Waals surface area (Å²) in [7, 11) is 0. The summed E-state index contributed by atoms with van der Waals surface area (Å²) in [5.74, 6) is 0. The molecule has 0 bridgehead atoms. The number of rotatable bonds is 2. The average Bonchev–Trinajstić information content (AvgIpc) is 2.85. The first-order valence-corrected chi connectivity index (χ1v) is 6.37. The van der Waals surface area contributed by atoms with Crippen LogP contribution in [0.1, 0.15) is 31.0 Å². The van der Waals surface area contributed by atoms with Crippen LogP contribution in [0.2, 0.25) is 0 Å². The average molecular weight is 403 g/mol. The molecule has 0 saturated heterocycles. The van der Waals surface area contributed by atoms with Gasteiger partial charge in [-0.25, -0.2) is 9.13 Å². The van der Waals surface area contributed by atoms with Crippen LogP contribution >= 0.6 is 0 Å². The van der Waals surface area contributed by atoms with Crippen LogP contribution in [0, 0.1) is 0 Å². The summed E-state index contributed by atoms with van der Waals surface area (Å²) < 4.78 is 79.7. The monoisotopic (exact) mass is 402 g/mol. The van der Waals surface area contributed by atoms with Crippen LogP contribution in [0.5, 0.6) is 0 Å². The fourth-order valence-corrected chi connectivity index (χ4v) is 1.92. The lowest BCUT2D eigenvalue weighted by Gasteiger charge is -2.12. The molecule has 128 valence electrons. The molecular formula is C14H13BrF6N2. The van der Waals surface area contributed by atoms with Crippen molar-refractivity contribution in [2.75, 3.05) is 0 Å². The second-order valence-electron chi connectivity index (χ2n) is 5.13. The molecule has 2 rings (SSSR count). The number of hydrogen-bond acceptors (Lipinski definition) is 0. The molecule has 0 radical (unpaired) electrons. The van der Waals surface area contributed by atoms with Gasteiger partial charge in [-0.15, -0.1) is 0 Å².